The van der Waals surface area contributed by atoms with Crippen LogP contribution in [0.5, 0.6) is 0 Å². The molecule has 0 spiro atoms. The fourth-order valence-electron chi connectivity index (χ4n) is 2.62. The minimum Gasteiger partial charge on any atom is -0.322 e. The molecule has 3 rings (SSSR count). The van der Waals surface area contributed by atoms with E-state index < -0.39 is 12.0 Å². The van der Waals surface area contributed by atoms with Crippen LogP contribution in [0, 0.1) is 6.92 Å². The Labute approximate surface area is 119 Å². The molecule has 5 nitrogen and oxygen atoms in total. The van der Waals surface area contributed by atoms with Gasteiger partial charge in [0.1, 0.15) is 0 Å². The van der Waals surface area contributed by atoms with Crippen molar-refractivity contribution in [2.45, 2.75) is 39.2 Å². The second kappa shape index (κ2) is 5.18. The summed E-state index contributed by atoms with van der Waals surface area (Å²) in [5.41, 5.74) is 2.18. The van der Waals surface area contributed by atoms with E-state index in [1.807, 2.05) is 13.1 Å². The number of aromatic nitrogens is 4. The van der Waals surface area contributed by atoms with Crippen LogP contribution in [0.25, 0.3) is 0 Å². The second-order valence-corrected chi connectivity index (χ2v) is 5.19. The number of fused-ring (bicyclic) bond motifs is 1. The lowest BCUT2D eigenvalue weighted by atomic mass is 10.2. The molecular weight excluding hydrogens is 283 g/mol. The Bertz CT molecular complexity index is 641. The molecule has 2 aromatic heterocycles. The summed E-state index contributed by atoms with van der Waals surface area (Å²) in [6.45, 7) is 3.59. The Balaban J connectivity index is 1.90. The summed E-state index contributed by atoms with van der Waals surface area (Å²) in [4.78, 5) is 3.79. The number of imidazole rings is 1. The van der Waals surface area contributed by atoms with Crippen molar-refractivity contribution < 1.29 is 13.2 Å². The van der Waals surface area contributed by atoms with Crippen LogP contribution in [0.4, 0.5) is 13.2 Å². The van der Waals surface area contributed by atoms with E-state index in [1.54, 1.807) is 10.9 Å². The standard InChI is InChI=1S/C13H16F3N5/c1-9-6-18-20(8-9)4-5-21-11-2-3-17-7-10(11)19-12(21)13(14,15)16/h6,8,17H,2-5,7H2,1H3. The Morgan fingerprint density at radius 2 is 2.14 bits per heavy atom. The molecule has 0 aromatic carbocycles. The number of alkyl halides is 3. The fourth-order valence-corrected chi connectivity index (χ4v) is 2.62. The molecule has 0 aliphatic carbocycles. The minimum atomic E-state index is -4.43. The van der Waals surface area contributed by atoms with Crippen molar-refractivity contribution in [3.63, 3.8) is 0 Å². The van der Waals surface area contributed by atoms with Gasteiger partial charge in [-0.1, -0.05) is 0 Å². The summed E-state index contributed by atoms with van der Waals surface area (Å²) in [7, 11) is 0. The first-order valence-corrected chi connectivity index (χ1v) is 6.80. The largest absolute Gasteiger partial charge is 0.449 e. The van der Waals surface area contributed by atoms with Crippen LogP contribution in [0.3, 0.4) is 0 Å². The highest BCUT2D eigenvalue weighted by Gasteiger charge is 2.39. The van der Waals surface area contributed by atoms with Gasteiger partial charge in [-0.25, -0.2) is 4.98 Å². The van der Waals surface area contributed by atoms with Crippen LogP contribution in [0.2, 0.25) is 0 Å². The van der Waals surface area contributed by atoms with Crippen LogP contribution in [-0.4, -0.2) is 25.9 Å². The zero-order valence-electron chi connectivity index (χ0n) is 11.6. The molecule has 0 saturated carbocycles. The molecule has 0 bridgehead atoms. The van der Waals surface area contributed by atoms with E-state index in [0.717, 1.165) is 5.56 Å². The number of hydrogen-bond donors (Lipinski definition) is 1. The number of aryl methyl sites for hydroxylation is 2. The number of nitrogens with one attached hydrogen (secondary N) is 1. The quantitative estimate of drug-likeness (QED) is 0.939. The molecule has 21 heavy (non-hydrogen) atoms. The Hall–Kier alpha value is -1.83. The van der Waals surface area contributed by atoms with Gasteiger partial charge in [0, 0.05) is 37.9 Å². The lowest BCUT2D eigenvalue weighted by Crippen LogP contribution is -2.26. The summed E-state index contributed by atoms with van der Waals surface area (Å²) in [5.74, 6) is -0.805. The van der Waals surface area contributed by atoms with Crippen LogP contribution in [0.1, 0.15) is 22.8 Å². The van der Waals surface area contributed by atoms with Gasteiger partial charge in [-0.2, -0.15) is 18.3 Å². The zero-order valence-corrected chi connectivity index (χ0v) is 11.6. The van der Waals surface area contributed by atoms with Crippen molar-refractivity contribution in [2.75, 3.05) is 6.54 Å². The van der Waals surface area contributed by atoms with E-state index in [-0.39, 0.29) is 6.54 Å². The van der Waals surface area contributed by atoms with Crippen molar-refractivity contribution in [1.29, 1.82) is 0 Å². The van der Waals surface area contributed by atoms with Gasteiger partial charge in [-0.05, 0) is 12.5 Å². The topological polar surface area (TPSA) is 47.7 Å². The fraction of sp³-hybridized carbons (Fsp3) is 0.538. The van der Waals surface area contributed by atoms with Gasteiger partial charge in [-0.15, -0.1) is 0 Å². The molecule has 2 aromatic rings. The second-order valence-electron chi connectivity index (χ2n) is 5.19. The van der Waals surface area contributed by atoms with Crippen molar-refractivity contribution >= 4 is 0 Å². The number of rotatable bonds is 3. The Morgan fingerprint density at radius 3 is 2.81 bits per heavy atom. The van der Waals surface area contributed by atoms with Crippen LogP contribution >= 0.6 is 0 Å². The first-order valence-electron chi connectivity index (χ1n) is 6.80. The Morgan fingerprint density at radius 1 is 1.33 bits per heavy atom. The number of nitrogens with zero attached hydrogens (tertiary/aromatic N) is 4. The van der Waals surface area contributed by atoms with Crippen molar-refractivity contribution in [3.05, 3.63) is 35.2 Å². The van der Waals surface area contributed by atoms with E-state index in [2.05, 4.69) is 15.4 Å². The molecule has 0 unspecified atom stereocenters. The van der Waals surface area contributed by atoms with Crippen LogP contribution in [0.15, 0.2) is 12.4 Å². The molecule has 1 aliphatic heterocycles. The highest BCUT2D eigenvalue weighted by atomic mass is 19.4. The molecule has 0 radical (unpaired) electrons. The van der Waals surface area contributed by atoms with Crippen molar-refractivity contribution in [1.82, 2.24) is 24.6 Å². The highest BCUT2D eigenvalue weighted by molar-refractivity contribution is 5.21. The monoisotopic (exact) mass is 299 g/mol. The van der Waals surface area contributed by atoms with E-state index in [9.17, 15) is 13.2 Å². The molecule has 1 aliphatic rings. The lowest BCUT2D eigenvalue weighted by molar-refractivity contribution is -0.147. The van der Waals surface area contributed by atoms with Crippen LogP contribution in [-0.2, 0) is 32.2 Å². The maximum atomic E-state index is 13.1. The van der Waals surface area contributed by atoms with Gasteiger partial charge in [0.05, 0.1) is 18.4 Å². The molecule has 114 valence electrons. The smallest absolute Gasteiger partial charge is 0.322 e. The van der Waals surface area contributed by atoms with Gasteiger partial charge in [0.2, 0.25) is 5.82 Å². The molecule has 0 saturated heterocycles. The summed E-state index contributed by atoms with van der Waals surface area (Å²) < 4.78 is 42.4. The predicted octanol–water partition coefficient (Wildman–Crippen LogP) is 1.75. The van der Waals surface area contributed by atoms with Gasteiger partial charge >= 0.3 is 6.18 Å². The third-order valence-corrected chi connectivity index (χ3v) is 3.56. The minimum absolute atomic E-state index is 0.221. The normalized spacial score (nSPS) is 15.2. The SMILES string of the molecule is Cc1cnn(CCn2c(C(F)(F)F)nc3c2CCNC3)c1. The zero-order chi connectivity index (χ0) is 15.0. The first kappa shape index (κ1) is 14.1. The lowest BCUT2D eigenvalue weighted by Gasteiger charge is -2.16. The van der Waals surface area contributed by atoms with Gasteiger partial charge in [-0.3, -0.25) is 4.68 Å². The summed E-state index contributed by atoms with van der Waals surface area (Å²) in [6.07, 6.45) is -0.357. The van der Waals surface area contributed by atoms with Crippen molar-refractivity contribution in [2.24, 2.45) is 0 Å². The van der Waals surface area contributed by atoms with E-state index in [0.29, 0.717) is 37.4 Å². The predicted molar refractivity (Wildman–Crippen MR) is 69.6 cm³/mol. The van der Waals surface area contributed by atoms with E-state index >= 15 is 0 Å². The molecule has 1 N–H and O–H groups in total. The molecule has 0 atom stereocenters. The summed E-state index contributed by atoms with van der Waals surface area (Å²) >= 11 is 0. The van der Waals surface area contributed by atoms with Gasteiger partial charge in [0.25, 0.3) is 0 Å². The molecule has 0 fully saturated rings. The maximum Gasteiger partial charge on any atom is 0.449 e. The molecule has 0 amide bonds. The number of hydrogen-bond acceptors (Lipinski definition) is 3. The van der Waals surface area contributed by atoms with Crippen molar-refractivity contribution in [3.8, 4) is 0 Å². The molecular formula is C13H16F3N5. The average molecular weight is 299 g/mol. The third kappa shape index (κ3) is 2.80. The Kier molecular flexibility index (Phi) is 3.48. The van der Waals surface area contributed by atoms with Gasteiger partial charge in [0.15, 0.2) is 0 Å². The number of halogens is 3. The summed E-state index contributed by atoms with van der Waals surface area (Å²) in [5, 5.41) is 7.16. The average Bonchev–Trinajstić information content (AvgIpc) is 2.99. The van der Waals surface area contributed by atoms with E-state index in [4.69, 9.17) is 0 Å². The van der Waals surface area contributed by atoms with Crippen LogP contribution < -0.4 is 5.32 Å². The molecule has 3 heterocycles. The van der Waals surface area contributed by atoms with E-state index in [1.165, 1.54) is 4.57 Å². The maximum absolute atomic E-state index is 13.1. The third-order valence-electron chi connectivity index (χ3n) is 3.56. The summed E-state index contributed by atoms with van der Waals surface area (Å²) in [6, 6.07) is 0. The first-order chi connectivity index (χ1) is 9.95. The highest BCUT2D eigenvalue weighted by Crippen LogP contribution is 2.31. The van der Waals surface area contributed by atoms with Gasteiger partial charge < -0.3 is 9.88 Å². The molecule has 8 heteroatoms.